The molecule has 0 saturated heterocycles. The lowest BCUT2D eigenvalue weighted by Gasteiger charge is -2.52. The van der Waals surface area contributed by atoms with Crippen molar-refractivity contribution in [2.24, 2.45) is 5.41 Å². The molecule has 3 heteroatoms. The Morgan fingerprint density at radius 3 is 2.12 bits per heavy atom. The molecule has 1 rings (SSSR count). The van der Waals surface area contributed by atoms with Crippen molar-refractivity contribution in [2.45, 2.75) is 71.7 Å². The normalized spacial score (nSPS) is 22.9. The molecule has 1 saturated carbocycles. The van der Waals surface area contributed by atoms with Gasteiger partial charge >= 0.3 is 0 Å². The molecule has 0 amide bonds. The first-order valence-electron chi connectivity index (χ1n) is 6.71. The van der Waals surface area contributed by atoms with Crippen LogP contribution in [-0.2, 0) is 9.47 Å². The van der Waals surface area contributed by atoms with Crippen LogP contribution in [-0.4, -0.2) is 36.1 Å². The van der Waals surface area contributed by atoms with E-state index in [0.29, 0.717) is 6.61 Å². The van der Waals surface area contributed by atoms with E-state index in [9.17, 15) is 0 Å². The average molecular weight is 244 g/mol. The van der Waals surface area contributed by atoms with Crippen molar-refractivity contribution in [1.82, 2.24) is 0 Å². The molecule has 1 aliphatic carbocycles. The van der Waals surface area contributed by atoms with Gasteiger partial charge in [-0.3, -0.25) is 0 Å². The van der Waals surface area contributed by atoms with Crippen LogP contribution in [0.2, 0.25) is 0 Å². The van der Waals surface area contributed by atoms with Gasteiger partial charge in [-0.1, -0.05) is 20.8 Å². The molecule has 3 nitrogen and oxygen atoms in total. The fourth-order valence-corrected chi connectivity index (χ4v) is 2.31. The first kappa shape index (κ1) is 14.9. The summed E-state index contributed by atoms with van der Waals surface area (Å²) in [5.74, 6) is 0. The van der Waals surface area contributed by atoms with Gasteiger partial charge in [0.2, 0.25) is 0 Å². The molecule has 0 aromatic heterocycles. The zero-order valence-electron chi connectivity index (χ0n) is 12.0. The summed E-state index contributed by atoms with van der Waals surface area (Å²) in [4.78, 5) is 0. The van der Waals surface area contributed by atoms with Crippen molar-refractivity contribution in [3.63, 3.8) is 0 Å². The molecule has 1 N–H and O–H groups in total. The molecule has 1 fully saturated rings. The molecule has 0 bridgehead atoms. The third kappa shape index (κ3) is 3.67. The Morgan fingerprint density at radius 1 is 1.18 bits per heavy atom. The van der Waals surface area contributed by atoms with Crippen molar-refractivity contribution < 1.29 is 14.6 Å². The standard InChI is InChI=1S/C14H28O3/c1-11(9-15)16-10-12(2)17-14(7-6-8-14)13(3,4)5/h11-12,15H,6-10H2,1-5H3. The predicted molar refractivity (Wildman–Crippen MR) is 69.1 cm³/mol. The summed E-state index contributed by atoms with van der Waals surface area (Å²) in [6.07, 6.45) is 3.54. The van der Waals surface area contributed by atoms with Gasteiger partial charge in [0, 0.05) is 0 Å². The molecule has 0 aliphatic heterocycles. The second kappa shape index (κ2) is 5.68. The van der Waals surface area contributed by atoms with Gasteiger partial charge in [0.25, 0.3) is 0 Å². The minimum absolute atomic E-state index is 0.0260. The van der Waals surface area contributed by atoms with E-state index in [2.05, 4.69) is 27.7 Å². The second-order valence-electron chi connectivity index (χ2n) is 6.35. The molecular formula is C14H28O3. The molecule has 2 atom stereocenters. The highest BCUT2D eigenvalue weighted by Crippen LogP contribution is 2.49. The van der Waals surface area contributed by atoms with Crippen LogP contribution in [0.1, 0.15) is 53.9 Å². The fraction of sp³-hybridized carbons (Fsp3) is 1.00. The van der Waals surface area contributed by atoms with Gasteiger partial charge in [0.05, 0.1) is 31.0 Å². The summed E-state index contributed by atoms with van der Waals surface area (Å²) in [6, 6.07) is 0. The van der Waals surface area contributed by atoms with Crippen LogP contribution in [0, 0.1) is 5.41 Å². The number of aliphatic hydroxyl groups is 1. The largest absolute Gasteiger partial charge is 0.394 e. The third-order valence-electron chi connectivity index (χ3n) is 3.83. The van der Waals surface area contributed by atoms with Crippen LogP contribution < -0.4 is 0 Å². The van der Waals surface area contributed by atoms with E-state index >= 15 is 0 Å². The maximum Gasteiger partial charge on any atom is 0.0788 e. The average Bonchev–Trinajstić information content (AvgIpc) is 2.17. The summed E-state index contributed by atoms with van der Waals surface area (Å²) >= 11 is 0. The van der Waals surface area contributed by atoms with E-state index in [1.54, 1.807) is 0 Å². The number of hydrogen-bond acceptors (Lipinski definition) is 3. The van der Waals surface area contributed by atoms with Crippen molar-refractivity contribution in [1.29, 1.82) is 0 Å². The number of aliphatic hydroxyl groups excluding tert-OH is 1. The predicted octanol–water partition coefficient (Wildman–Crippen LogP) is 2.76. The van der Waals surface area contributed by atoms with Crippen molar-refractivity contribution in [2.75, 3.05) is 13.2 Å². The van der Waals surface area contributed by atoms with Gasteiger partial charge < -0.3 is 14.6 Å². The summed E-state index contributed by atoms with van der Waals surface area (Å²) < 4.78 is 11.7. The lowest BCUT2D eigenvalue weighted by Crippen LogP contribution is -2.53. The van der Waals surface area contributed by atoms with Crippen molar-refractivity contribution in [3.05, 3.63) is 0 Å². The Bertz CT molecular complexity index is 228. The Morgan fingerprint density at radius 2 is 1.76 bits per heavy atom. The van der Waals surface area contributed by atoms with E-state index < -0.39 is 0 Å². The van der Waals surface area contributed by atoms with Gasteiger partial charge in [0.1, 0.15) is 0 Å². The molecule has 0 spiro atoms. The molecule has 2 unspecified atom stereocenters. The SMILES string of the molecule is CC(CO)OCC(C)OC1(C(C)(C)C)CCC1. The summed E-state index contributed by atoms with van der Waals surface area (Å²) in [7, 11) is 0. The minimum atomic E-state index is -0.104. The van der Waals surface area contributed by atoms with Gasteiger partial charge in [-0.25, -0.2) is 0 Å². The minimum Gasteiger partial charge on any atom is -0.394 e. The zero-order valence-corrected chi connectivity index (χ0v) is 12.0. The Kier molecular flexibility index (Phi) is 4.99. The van der Waals surface area contributed by atoms with E-state index in [1.165, 1.54) is 6.42 Å². The number of rotatable bonds is 6. The quantitative estimate of drug-likeness (QED) is 0.781. The summed E-state index contributed by atoms with van der Waals surface area (Å²) in [5, 5.41) is 8.90. The monoisotopic (exact) mass is 244 g/mol. The maximum absolute atomic E-state index is 8.90. The van der Waals surface area contributed by atoms with Crippen LogP contribution in [0.15, 0.2) is 0 Å². The smallest absolute Gasteiger partial charge is 0.0788 e. The van der Waals surface area contributed by atoms with Gasteiger partial charge in [-0.05, 0) is 38.5 Å². The van der Waals surface area contributed by atoms with Gasteiger partial charge in [0.15, 0.2) is 0 Å². The molecule has 0 aromatic carbocycles. The Labute approximate surface area is 105 Å². The molecule has 0 radical (unpaired) electrons. The first-order chi connectivity index (χ1) is 7.81. The van der Waals surface area contributed by atoms with E-state index in [0.717, 1.165) is 12.8 Å². The highest BCUT2D eigenvalue weighted by Gasteiger charge is 2.48. The van der Waals surface area contributed by atoms with Gasteiger partial charge in [-0.2, -0.15) is 0 Å². The van der Waals surface area contributed by atoms with Gasteiger partial charge in [-0.15, -0.1) is 0 Å². The van der Waals surface area contributed by atoms with Crippen LogP contribution in [0.5, 0.6) is 0 Å². The molecule has 102 valence electrons. The maximum atomic E-state index is 8.90. The number of ether oxygens (including phenoxy) is 2. The van der Waals surface area contributed by atoms with Crippen molar-refractivity contribution in [3.8, 4) is 0 Å². The molecule has 17 heavy (non-hydrogen) atoms. The topological polar surface area (TPSA) is 38.7 Å². The van der Waals surface area contributed by atoms with E-state index in [1.807, 2.05) is 6.92 Å². The molecular weight excluding hydrogens is 216 g/mol. The molecule has 1 aliphatic rings. The van der Waals surface area contributed by atoms with E-state index in [-0.39, 0.29) is 29.8 Å². The zero-order chi connectivity index (χ0) is 13.1. The first-order valence-corrected chi connectivity index (χ1v) is 6.71. The van der Waals surface area contributed by atoms with Crippen LogP contribution in [0.3, 0.4) is 0 Å². The van der Waals surface area contributed by atoms with Crippen molar-refractivity contribution >= 4 is 0 Å². The lowest BCUT2D eigenvalue weighted by molar-refractivity contribution is -0.205. The van der Waals surface area contributed by atoms with Crippen LogP contribution in [0.25, 0.3) is 0 Å². The lowest BCUT2D eigenvalue weighted by atomic mass is 9.64. The molecule has 0 aromatic rings. The highest BCUT2D eigenvalue weighted by molar-refractivity contribution is 4.99. The summed E-state index contributed by atoms with van der Waals surface area (Å²) in [6.45, 7) is 11.3. The third-order valence-corrected chi connectivity index (χ3v) is 3.83. The Hall–Kier alpha value is -0.120. The second-order valence-corrected chi connectivity index (χ2v) is 6.35. The highest BCUT2D eigenvalue weighted by atomic mass is 16.6. The van der Waals surface area contributed by atoms with E-state index in [4.69, 9.17) is 14.6 Å². The number of hydrogen-bond donors (Lipinski definition) is 1. The summed E-state index contributed by atoms with van der Waals surface area (Å²) in [5.41, 5.74) is 0.209. The van der Waals surface area contributed by atoms with Crippen LogP contribution >= 0.6 is 0 Å². The fourth-order valence-electron chi connectivity index (χ4n) is 2.31. The Balaban J connectivity index is 2.41. The molecule has 0 heterocycles. The van der Waals surface area contributed by atoms with Crippen LogP contribution in [0.4, 0.5) is 0 Å².